The van der Waals surface area contributed by atoms with Crippen LogP contribution in [0.5, 0.6) is 11.5 Å². The number of anilines is 2. The molecule has 0 bridgehead atoms. The Hall–Kier alpha value is -1.91. The van der Waals surface area contributed by atoms with Gasteiger partial charge in [0, 0.05) is 17.7 Å². The Kier molecular flexibility index (Phi) is 3.32. The molecule has 0 saturated heterocycles. The van der Waals surface area contributed by atoms with Gasteiger partial charge >= 0.3 is 0 Å². The summed E-state index contributed by atoms with van der Waals surface area (Å²) in [6.07, 6.45) is 0. The highest BCUT2D eigenvalue weighted by atomic mass is 16.5. The smallest absolute Gasteiger partial charge is 0.232 e. The van der Waals surface area contributed by atoms with Crippen LogP contribution in [0.2, 0.25) is 0 Å². The summed E-state index contributed by atoms with van der Waals surface area (Å²) in [7, 11) is 3.17. The van der Waals surface area contributed by atoms with E-state index in [9.17, 15) is 4.79 Å². The topological polar surface area (TPSA) is 59.6 Å². The molecule has 0 unspecified atom stereocenters. The minimum Gasteiger partial charge on any atom is -0.493 e. The molecule has 0 atom stereocenters. The number of benzene rings is 1. The van der Waals surface area contributed by atoms with Crippen LogP contribution in [-0.2, 0) is 4.79 Å². The molecular weight excluding hydrogens is 256 g/mol. The van der Waals surface area contributed by atoms with Crippen molar-refractivity contribution in [3.63, 3.8) is 0 Å². The lowest BCUT2D eigenvalue weighted by atomic mass is 9.74. The van der Waals surface area contributed by atoms with Gasteiger partial charge in [-0.15, -0.1) is 0 Å². The third-order valence-electron chi connectivity index (χ3n) is 4.35. The molecule has 20 heavy (non-hydrogen) atoms. The number of methoxy groups -OCH3 is 2. The Labute approximate surface area is 119 Å². The molecule has 2 rings (SSSR count). The first kappa shape index (κ1) is 14.5. The fraction of sp³-hybridized carbons (Fsp3) is 0.533. The average Bonchev–Trinajstić information content (AvgIpc) is 2.44. The van der Waals surface area contributed by atoms with Crippen molar-refractivity contribution in [2.24, 2.45) is 5.41 Å². The summed E-state index contributed by atoms with van der Waals surface area (Å²) in [5.41, 5.74) is 0.562. The second-order valence-electron chi connectivity index (χ2n) is 6.08. The highest BCUT2D eigenvalue weighted by Gasteiger charge is 2.45. The number of rotatable bonds is 2. The third-order valence-corrected chi connectivity index (χ3v) is 4.35. The molecule has 5 heteroatoms. The summed E-state index contributed by atoms with van der Waals surface area (Å²) in [5.74, 6) is 1.19. The van der Waals surface area contributed by atoms with E-state index in [1.165, 1.54) is 0 Å². The normalized spacial score (nSPS) is 19.2. The van der Waals surface area contributed by atoms with E-state index in [0.29, 0.717) is 17.2 Å². The number of carbonyl (C=O) groups excluding carboxylic acids is 1. The molecule has 1 amide bonds. The lowest BCUT2D eigenvalue weighted by Crippen LogP contribution is -2.50. The van der Waals surface area contributed by atoms with E-state index < -0.39 is 11.0 Å². The van der Waals surface area contributed by atoms with Gasteiger partial charge in [0.15, 0.2) is 11.5 Å². The second kappa shape index (κ2) is 4.58. The Morgan fingerprint density at radius 3 is 1.95 bits per heavy atom. The number of hydrogen-bond donors (Lipinski definition) is 2. The van der Waals surface area contributed by atoms with Crippen molar-refractivity contribution in [3.8, 4) is 11.5 Å². The Morgan fingerprint density at radius 2 is 1.45 bits per heavy atom. The van der Waals surface area contributed by atoms with E-state index in [0.717, 1.165) is 5.69 Å². The number of carbonyl (C=O) groups is 1. The zero-order chi connectivity index (χ0) is 15.1. The van der Waals surface area contributed by atoms with Gasteiger partial charge < -0.3 is 20.1 Å². The lowest BCUT2D eigenvalue weighted by molar-refractivity contribution is -0.126. The van der Waals surface area contributed by atoms with Crippen molar-refractivity contribution in [1.29, 1.82) is 0 Å². The molecule has 110 valence electrons. The van der Waals surface area contributed by atoms with Gasteiger partial charge in [0.2, 0.25) is 5.91 Å². The van der Waals surface area contributed by atoms with Gasteiger partial charge in [-0.3, -0.25) is 4.79 Å². The third kappa shape index (κ3) is 2.07. The molecule has 2 N–H and O–H groups in total. The summed E-state index contributed by atoms with van der Waals surface area (Å²) >= 11 is 0. The molecule has 0 spiro atoms. The monoisotopic (exact) mass is 278 g/mol. The molecular formula is C15H22N2O3. The molecule has 0 aromatic heterocycles. The van der Waals surface area contributed by atoms with Crippen molar-refractivity contribution in [1.82, 2.24) is 0 Å². The van der Waals surface area contributed by atoms with Gasteiger partial charge in [-0.05, 0) is 27.7 Å². The van der Waals surface area contributed by atoms with E-state index in [4.69, 9.17) is 9.47 Å². The summed E-state index contributed by atoms with van der Waals surface area (Å²) in [5, 5.41) is 6.38. The van der Waals surface area contributed by atoms with E-state index in [1.54, 1.807) is 20.3 Å². The van der Waals surface area contributed by atoms with Gasteiger partial charge in [0.25, 0.3) is 0 Å². The molecule has 1 aliphatic heterocycles. The standard InChI is InChI=1S/C15H22N2O3/c1-14(2)13(18)16-9-7-11(19-5)12(20-6)8-10(9)17-15(14,3)4/h7-8,17H,1-6H3,(H,16,18). The van der Waals surface area contributed by atoms with Crippen LogP contribution in [0.25, 0.3) is 0 Å². The van der Waals surface area contributed by atoms with E-state index in [1.807, 2.05) is 33.8 Å². The van der Waals surface area contributed by atoms with Crippen LogP contribution in [0.4, 0.5) is 11.4 Å². The molecule has 1 aromatic rings. The first-order valence-electron chi connectivity index (χ1n) is 6.58. The fourth-order valence-corrected chi connectivity index (χ4v) is 2.14. The van der Waals surface area contributed by atoms with Crippen LogP contribution in [0, 0.1) is 5.41 Å². The van der Waals surface area contributed by atoms with Crippen LogP contribution in [0.1, 0.15) is 27.7 Å². The second-order valence-corrected chi connectivity index (χ2v) is 6.08. The van der Waals surface area contributed by atoms with Gasteiger partial charge in [-0.1, -0.05) is 0 Å². The van der Waals surface area contributed by atoms with Crippen LogP contribution in [0.3, 0.4) is 0 Å². The average molecular weight is 278 g/mol. The number of amides is 1. The van der Waals surface area contributed by atoms with Crippen molar-refractivity contribution >= 4 is 17.3 Å². The molecule has 0 radical (unpaired) electrons. The minimum absolute atomic E-state index is 0.0269. The first-order valence-corrected chi connectivity index (χ1v) is 6.58. The van der Waals surface area contributed by atoms with Gasteiger partial charge in [-0.2, -0.15) is 0 Å². The van der Waals surface area contributed by atoms with E-state index >= 15 is 0 Å². The molecule has 0 aliphatic carbocycles. The largest absolute Gasteiger partial charge is 0.493 e. The summed E-state index contributed by atoms with van der Waals surface area (Å²) in [4.78, 5) is 12.4. The number of ether oxygens (including phenoxy) is 2. The molecule has 0 saturated carbocycles. The molecule has 5 nitrogen and oxygen atoms in total. The summed E-state index contributed by atoms with van der Waals surface area (Å²) in [6, 6.07) is 3.62. The van der Waals surface area contributed by atoms with Gasteiger partial charge in [-0.25, -0.2) is 0 Å². The zero-order valence-corrected chi connectivity index (χ0v) is 12.9. The van der Waals surface area contributed by atoms with Crippen LogP contribution in [0.15, 0.2) is 12.1 Å². The van der Waals surface area contributed by atoms with Crippen molar-refractivity contribution in [2.45, 2.75) is 33.2 Å². The number of nitrogens with one attached hydrogen (secondary N) is 2. The molecule has 0 fully saturated rings. The minimum atomic E-state index is -0.563. The Balaban J connectivity index is 2.58. The number of fused-ring (bicyclic) bond motifs is 1. The number of hydrogen-bond acceptors (Lipinski definition) is 4. The van der Waals surface area contributed by atoms with Crippen molar-refractivity contribution in [3.05, 3.63) is 12.1 Å². The van der Waals surface area contributed by atoms with E-state index in [-0.39, 0.29) is 5.91 Å². The summed E-state index contributed by atoms with van der Waals surface area (Å²) < 4.78 is 10.6. The maximum Gasteiger partial charge on any atom is 0.232 e. The predicted molar refractivity (Wildman–Crippen MR) is 79.7 cm³/mol. The van der Waals surface area contributed by atoms with Gasteiger partial charge in [0.05, 0.1) is 31.0 Å². The predicted octanol–water partition coefficient (Wildman–Crippen LogP) is 2.87. The zero-order valence-electron chi connectivity index (χ0n) is 12.9. The van der Waals surface area contributed by atoms with Crippen LogP contribution < -0.4 is 20.1 Å². The van der Waals surface area contributed by atoms with Crippen LogP contribution in [-0.4, -0.2) is 25.7 Å². The SMILES string of the molecule is COc1cc2c(cc1OC)NC(C)(C)C(C)(C)C(=O)N2. The van der Waals surface area contributed by atoms with Crippen LogP contribution >= 0.6 is 0 Å². The van der Waals surface area contributed by atoms with Crippen molar-refractivity contribution < 1.29 is 14.3 Å². The molecule has 1 aromatic carbocycles. The maximum atomic E-state index is 12.4. The quantitative estimate of drug-likeness (QED) is 0.873. The fourth-order valence-electron chi connectivity index (χ4n) is 2.14. The lowest BCUT2D eigenvalue weighted by Gasteiger charge is -2.39. The van der Waals surface area contributed by atoms with Gasteiger partial charge in [0.1, 0.15) is 0 Å². The summed E-state index contributed by atoms with van der Waals surface area (Å²) in [6.45, 7) is 7.88. The Morgan fingerprint density at radius 1 is 0.950 bits per heavy atom. The molecule has 1 heterocycles. The van der Waals surface area contributed by atoms with Crippen molar-refractivity contribution in [2.75, 3.05) is 24.9 Å². The highest BCUT2D eigenvalue weighted by molar-refractivity contribution is 6.01. The Bertz CT molecular complexity index is 550. The highest BCUT2D eigenvalue weighted by Crippen LogP contribution is 2.44. The van der Waals surface area contributed by atoms with E-state index in [2.05, 4.69) is 10.6 Å². The first-order chi connectivity index (χ1) is 9.22. The molecule has 1 aliphatic rings. The maximum absolute atomic E-state index is 12.4.